The van der Waals surface area contributed by atoms with Gasteiger partial charge < -0.3 is 21.9 Å². The van der Waals surface area contributed by atoms with Crippen LogP contribution in [-0.4, -0.2) is 29.2 Å². The molecule has 0 saturated carbocycles. The molecule has 6 nitrogen and oxygen atoms in total. The molecule has 1 aliphatic carbocycles. The van der Waals surface area contributed by atoms with Crippen LogP contribution < -0.4 is 16.8 Å². The van der Waals surface area contributed by atoms with Crippen molar-refractivity contribution in [2.45, 2.75) is 38.4 Å². The highest BCUT2D eigenvalue weighted by atomic mass is 16.4. The van der Waals surface area contributed by atoms with Crippen molar-refractivity contribution in [2.24, 2.45) is 16.9 Å². The molecule has 0 saturated heterocycles. The van der Waals surface area contributed by atoms with Crippen LogP contribution in [0.2, 0.25) is 0 Å². The topological polar surface area (TPSA) is 118 Å². The van der Waals surface area contributed by atoms with Crippen molar-refractivity contribution >= 4 is 11.9 Å². The first-order valence-electron chi connectivity index (χ1n) is 5.60. The summed E-state index contributed by atoms with van der Waals surface area (Å²) >= 11 is 0. The van der Waals surface area contributed by atoms with E-state index in [1.54, 1.807) is 19.1 Å². The van der Waals surface area contributed by atoms with Gasteiger partial charge in [0.2, 0.25) is 5.91 Å². The minimum atomic E-state index is -1.02. The van der Waals surface area contributed by atoms with Crippen molar-refractivity contribution in [1.29, 1.82) is 0 Å². The monoisotopic (exact) mass is 241 g/mol. The van der Waals surface area contributed by atoms with Gasteiger partial charge in [-0.2, -0.15) is 0 Å². The third-order valence-electron chi connectivity index (χ3n) is 2.82. The molecule has 6 heteroatoms. The molecular weight excluding hydrogens is 222 g/mol. The van der Waals surface area contributed by atoms with Gasteiger partial charge in [0, 0.05) is 0 Å². The molecular formula is C11H19N3O3. The number of carbonyl (C=O) groups excluding carboxylic acids is 1. The lowest BCUT2D eigenvalue weighted by molar-refractivity contribution is -0.138. The molecule has 17 heavy (non-hydrogen) atoms. The van der Waals surface area contributed by atoms with E-state index in [9.17, 15) is 9.59 Å². The van der Waals surface area contributed by atoms with E-state index >= 15 is 0 Å². The number of amides is 1. The summed E-state index contributed by atoms with van der Waals surface area (Å²) in [5, 5.41) is 11.2. The number of hydrogen-bond acceptors (Lipinski definition) is 4. The fourth-order valence-corrected chi connectivity index (χ4v) is 1.35. The van der Waals surface area contributed by atoms with E-state index in [1.165, 1.54) is 0 Å². The molecule has 0 aromatic rings. The summed E-state index contributed by atoms with van der Waals surface area (Å²) in [5.74, 6) is -1.13. The van der Waals surface area contributed by atoms with Crippen LogP contribution in [0.5, 0.6) is 0 Å². The number of hydrogen-bond donors (Lipinski definition) is 4. The molecule has 0 bridgehead atoms. The van der Waals surface area contributed by atoms with Crippen molar-refractivity contribution in [1.82, 2.24) is 5.32 Å². The number of carbonyl (C=O) groups is 2. The molecule has 0 aliphatic heterocycles. The second-order valence-corrected chi connectivity index (χ2v) is 4.57. The maximum absolute atomic E-state index is 11.6. The number of carboxylic acid groups (broad SMARTS) is 1. The lowest BCUT2D eigenvalue weighted by Crippen LogP contribution is -2.45. The molecule has 1 rings (SSSR count). The fraction of sp³-hybridized carbons (Fsp3) is 0.636. The normalized spacial score (nSPS) is 19.5. The maximum Gasteiger partial charge on any atom is 0.320 e. The average molecular weight is 241 g/mol. The van der Waals surface area contributed by atoms with Crippen molar-refractivity contribution in [3.63, 3.8) is 0 Å². The van der Waals surface area contributed by atoms with E-state index in [4.69, 9.17) is 16.6 Å². The Labute approximate surface area is 100 Å². The third-order valence-corrected chi connectivity index (χ3v) is 2.82. The van der Waals surface area contributed by atoms with Crippen molar-refractivity contribution < 1.29 is 14.7 Å². The Hall–Kier alpha value is -1.40. The Bertz CT molecular complexity index is 335. The molecule has 2 atom stereocenters. The summed E-state index contributed by atoms with van der Waals surface area (Å²) in [5.41, 5.74) is 10.6. The molecule has 0 fully saturated rings. The van der Waals surface area contributed by atoms with Gasteiger partial charge in [0.25, 0.3) is 0 Å². The van der Waals surface area contributed by atoms with E-state index in [0.717, 1.165) is 0 Å². The second kappa shape index (κ2) is 5.29. The summed E-state index contributed by atoms with van der Waals surface area (Å²) in [4.78, 5) is 22.0. The largest absolute Gasteiger partial charge is 0.480 e. The second-order valence-electron chi connectivity index (χ2n) is 4.57. The predicted molar refractivity (Wildman–Crippen MR) is 62.8 cm³/mol. The van der Waals surface area contributed by atoms with Gasteiger partial charge >= 0.3 is 5.97 Å². The highest BCUT2D eigenvalue weighted by Crippen LogP contribution is 2.33. The summed E-state index contributed by atoms with van der Waals surface area (Å²) in [6.07, 6.45) is 4.59. The summed E-state index contributed by atoms with van der Waals surface area (Å²) in [6, 6.07) is -0.861. The standard InChI is InChI=1S/C11H19N3O3/c1-11(5-6-11)10(17)14-8(13)4-2-3-7(12)9(15)16/h5-8H,2-4,12-13H2,1H3,(H,14,17)(H,15,16)/t7-,8?/m0/s1. The maximum atomic E-state index is 11.6. The van der Waals surface area contributed by atoms with Gasteiger partial charge in [-0.1, -0.05) is 12.2 Å². The number of carboxylic acids is 1. The third kappa shape index (κ3) is 4.16. The highest BCUT2D eigenvalue weighted by Gasteiger charge is 2.37. The molecule has 0 radical (unpaired) electrons. The molecule has 96 valence electrons. The Morgan fingerprint density at radius 3 is 2.41 bits per heavy atom. The lowest BCUT2D eigenvalue weighted by Gasteiger charge is -2.17. The van der Waals surface area contributed by atoms with Crippen molar-refractivity contribution in [2.75, 3.05) is 0 Å². The van der Waals surface area contributed by atoms with Gasteiger partial charge in [-0.15, -0.1) is 0 Å². The lowest BCUT2D eigenvalue weighted by atomic mass is 10.1. The number of nitrogens with one attached hydrogen (secondary N) is 1. The highest BCUT2D eigenvalue weighted by molar-refractivity contribution is 5.90. The van der Waals surface area contributed by atoms with Crippen LogP contribution in [-0.2, 0) is 9.59 Å². The summed E-state index contributed by atoms with van der Waals surface area (Å²) in [7, 11) is 0. The van der Waals surface area contributed by atoms with Crippen LogP contribution in [0.3, 0.4) is 0 Å². The predicted octanol–water partition coefficient (Wildman–Crippen LogP) is -0.454. The fourth-order valence-electron chi connectivity index (χ4n) is 1.35. The minimum Gasteiger partial charge on any atom is -0.480 e. The van der Waals surface area contributed by atoms with Crippen LogP contribution in [0.1, 0.15) is 26.2 Å². The van der Waals surface area contributed by atoms with Gasteiger partial charge in [0.05, 0.1) is 11.6 Å². The Kier molecular flexibility index (Phi) is 4.25. The molecule has 1 unspecified atom stereocenters. The van der Waals surface area contributed by atoms with Gasteiger partial charge in [-0.25, -0.2) is 0 Å². The first-order chi connectivity index (χ1) is 7.85. The van der Waals surface area contributed by atoms with Gasteiger partial charge in [0.1, 0.15) is 6.04 Å². The van der Waals surface area contributed by atoms with E-state index < -0.39 is 23.6 Å². The average Bonchev–Trinajstić information content (AvgIpc) is 2.97. The zero-order valence-corrected chi connectivity index (χ0v) is 9.85. The molecule has 6 N–H and O–H groups in total. The zero-order chi connectivity index (χ0) is 13.1. The van der Waals surface area contributed by atoms with Crippen LogP contribution in [0.4, 0.5) is 0 Å². The smallest absolute Gasteiger partial charge is 0.320 e. The summed E-state index contributed by atoms with van der Waals surface area (Å²) in [6.45, 7) is 1.80. The van der Waals surface area contributed by atoms with E-state index in [-0.39, 0.29) is 5.91 Å². The van der Waals surface area contributed by atoms with Gasteiger partial charge in [0.15, 0.2) is 0 Å². The quantitative estimate of drug-likeness (QED) is 0.355. The molecule has 1 amide bonds. The minimum absolute atomic E-state index is 0.118. The van der Waals surface area contributed by atoms with Gasteiger partial charge in [-0.05, 0) is 26.2 Å². The van der Waals surface area contributed by atoms with Crippen molar-refractivity contribution in [3.05, 3.63) is 12.2 Å². The van der Waals surface area contributed by atoms with E-state index in [0.29, 0.717) is 19.3 Å². The van der Waals surface area contributed by atoms with Crippen LogP contribution >= 0.6 is 0 Å². The Morgan fingerprint density at radius 1 is 1.35 bits per heavy atom. The van der Waals surface area contributed by atoms with E-state index in [2.05, 4.69) is 5.32 Å². The first-order valence-corrected chi connectivity index (χ1v) is 5.60. The first kappa shape index (κ1) is 13.7. The number of rotatable bonds is 7. The Balaban J connectivity index is 2.15. The zero-order valence-electron chi connectivity index (χ0n) is 9.85. The SMILES string of the molecule is CC1(C(=O)NC(N)CCC[C@H](N)C(=O)O)C=C1. The van der Waals surface area contributed by atoms with E-state index in [1.807, 2.05) is 0 Å². The van der Waals surface area contributed by atoms with Crippen LogP contribution in [0.15, 0.2) is 12.2 Å². The van der Waals surface area contributed by atoms with Crippen molar-refractivity contribution in [3.8, 4) is 0 Å². The van der Waals surface area contributed by atoms with Crippen LogP contribution in [0, 0.1) is 5.41 Å². The summed E-state index contributed by atoms with van der Waals surface area (Å²) < 4.78 is 0. The van der Waals surface area contributed by atoms with Gasteiger partial charge in [-0.3, -0.25) is 9.59 Å². The molecule has 0 heterocycles. The number of nitrogens with two attached hydrogens (primary N) is 2. The Morgan fingerprint density at radius 2 is 1.94 bits per heavy atom. The molecule has 0 spiro atoms. The molecule has 1 aliphatic rings. The number of aliphatic carboxylic acids is 1. The molecule has 0 aromatic carbocycles. The molecule has 0 aromatic heterocycles. The van der Waals surface area contributed by atoms with Crippen LogP contribution in [0.25, 0.3) is 0 Å².